The Morgan fingerprint density at radius 2 is 2.17 bits per heavy atom. The third-order valence-electron chi connectivity index (χ3n) is 2.64. The number of hydrogen-bond acceptors (Lipinski definition) is 4. The molecular formula is C14H15NO3. The fraction of sp³-hybridized carbons (Fsp3) is 0.357. The molecule has 0 heterocycles. The fourth-order valence-corrected chi connectivity index (χ4v) is 1.81. The Kier molecular flexibility index (Phi) is 5.06. The maximum atomic E-state index is 11.5. The van der Waals surface area contributed by atoms with Crippen LogP contribution in [0.2, 0.25) is 0 Å². The van der Waals surface area contributed by atoms with Crippen LogP contribution in [0.3, 0.4) is 0 Å². The van der Waals surface area contributed by atoms with E-state index in [2.05, 4.69) is 0 Å². The average Bonchev–Trinajstić information content (AvgIpc) is 2.39. The zero-order valence-corrected chi connectivity index (χ0v) is 10.5. The first-order valence-corrected chi connectivity index (χ1v) is 5.82. The van der Waals surface area contributed by atoms with Gasteiger partial charge in [0.1, 0.15) is 6.29 Å². The van der Waals surface area contributed by atoms with E-state index in [4.69, 9.17) is 10.00 Å². The Morgan fingerprint density at radius 1 is 1.44 bits per heavy atom. The van der Waals surface area contributed by atoms with E-state index in [1.54, 1.807) is 13.0 Å². The Balaban J connectivity index is 3.19. The van der Waals surface area contributed by atoms with Gasteiger partial charge in [-0.2, -0.15) is 5.26 Å². The quantitative estimate of drug-likeness (QED) is 0.588. The van der Waals surface area contributed by atoms with Crippen molar-refractivity contribution in [3.05, 3.63) is 34.4 Å². The predicted molar refractivity (Wildman–Crippen MR) is 66.3 cm³/mol. The summed E-state index contributed by atoms with van der Waals surface area (Å²) in [5.41, 5.74) is 2.31. The lowest BCUT2D eigenvalue weighted by molar-refractivity contribution is -0.142. The summed E-state index contributed by atoms with van der Waals surface area (Å²) in [6, 6.07) is 5.22. The molecule has 4 heteroatoms. The number of carbonyl (C=O) groups is 2. The van der Waals surface area contributed by atoms with E-state index >= 15 is 0 Å². The van der Waals surface area contributed by atoms with E-state index in [-0.39, 0.29) is 12.4 Å². The zero-order valence-electron chi connectivity index (χ0n) is 10.5. The minimum Gasteiger partial charge on any atom is -0.466 e. The van der Waals surface area contributed by atoms with Crippen LogP contribution in [0.5, 0.6) is 0 Å². The molecule has 1 aromatic rings. The average molecular weight is 245 g/mol. The molecule has 0 bridgehead atoms. The van der Waals surface area contributed by atoms with E-state index < -0.39 is 0 Å². The third kappa shape index (κ3) is 3.17. The molecule has 0 saturated heterocycles. The lowest BCUT2D eigenvalue weighted by atomic mass is 9.94. The standard InChI is InChI=1S/C14H15NO3/c1-3-11-5-10(8-15)6-12(9-16)13(11)7-14(17)18-4-2/h5-6,9H,3-4,7H2,1-2H3. The number of aryl methyl sites for hydroxylation is 1. The highest BCUT2D eigenvalue weighted by atomic mass is 16.5. The summed E-state index contributed by atoms with van der Waals surface area (Å²) in [5.74, 6) is -0.361. The van der Waals surface area contributed by atoms with Crippen molar-refractivity contribution in [2.24, 2.45) is 0 Å². The minimum absolute atomic E-state index is 0.0663. The molecule has 0 fully saturated rings. The van der Waals surface area contributed by atoms with Gasteiger partial charge in [-0.15, -0.1) is 0 Å². The van der Waals surface area contributed by atoms with Crippen molar-refractivity contribution in [3.63, 3.8) is 0 Å². The summed E-state index contributed by atoms with van der Waals surface area (Å²) in [4.78, 5) is 22.5. The van der Waals surface area contributed by atoms with Gasteiger partial charge in [-0.25, -0.2) is 0 Å². The summed E-state index contributed by atoms with van der Waals surface area (Å²) in [7, 11) is 0. The smallest absolute Gasteiger partial charge is 0.310 e. The fourth-order valence-electron chi connectivity index (χ4n) is 1.81. The topological polar surface area (TPSA) is 67.2 Å². The number of hydrogen-bond donors (Lipinski definition) is 0. The lowest BCUT2D eigenvalue weighted by Gasteiger charge is -2.11. The van der Waals surface area contributed by atoms with E-state index in [0.717, 1.165) is 5.56 Å². The molecule has 0 amide bonds. The molecule has 0 aliphatic heterocycles. The normalized spacial score (nSPS) is 9.61. The minimum atomic E-state index is -0.361. The van der Waals surface area contributed by atoms with Gasteiger partial charge in [0, 0.05) is 5.56 Å². The predicted octanol–water partition coefficient (Wildman–Crippen LogP) is 2.04. The van der Waals surface area contributed by atoms with Crippen LogP contribution in [-0.4, -0.2) is 18.9 Å². The maximum Gasteiger partial charge on any atom is 0.310 e. The Bertz CT molecular complexity index is 500. The van der Waals surface area contributed by atoms with Gasteiger partial charge in [-0.1, -0.05) is 6.92 Å². The van der Waals surface area contributed by atoms with Crippen molar-refractivity contribution in [1.82, 2.24) is 0 Å². The molecule has 1 rings (SSSR count). The monoisotopic (exact) mass is 245 g/mol. The molecule has 4 nitrogen and oxygen atoms in total. The zero-order chi connectivity index (χ0) is 13.5. The summed E-state index contributed by atoms with van der Waals surface area (Å²) < 4.78 is 4.88. The van der Waals surface area contributed by atoms with Gasteiger partial charge in [0.05, 0.1) is 24.7 Å². The number of nitrogens with zero attached hydrogens (tertiary/aromatic N) is 1. The summed E-state index contributed by atoms with van der Waals surface area (Å²) in [5, 5.41) is 8.88. The molecule has 1 aromatic carbocycles. The maximum absolute atomic E-state index is 11.5. The molecule has 18 heavy (non-hydrogen) atoms. The Labute approximate surface area is 106 Å². The molecule has 0 spiro atoms. The molecule has 0 aliphatic carbocycles. The summed E-state index contributed by atoms with van der Waals surface area (Å²) in [6.45, 7) is 3.96. The van der Waals surface area contributed by atoms with Gasteiger partial charge in [-0.05, 0) is 36.6 Å². The van der Waals surface area contributed by atoms with Crippen LogP contribution in [0.25, 0.3) is 0 Å². The number of ether oxygens (including phenoxy) is 1. The van der Waals surface area contributed by atoms with Crippen molar-refractivity contribution in [2.45, 2.75) is 26.7 Å². The van der Waals surface area contributed by atoms with Gasteiger partial charge in [0.2, 0.25) is 0 Å². The van der Waals surface area contributed by atoms with Crippen molar-refractivity contribution in [1.29, 1.82) is 5.26 Å². The highest BCUT2D eigenvalue weighted by molar-refractivity contribution is 5.83. The van der Waals surface area contributed by atoms with Crippen molar-refractivity contribution >= 4 is 12.3 Å². The molecule has 0 aromatic heterocycles. The van der Waals surface area contributed by atoms with Gasteiger partial charge in [0.25, 0.3) is 0 Å². The van der Waals surface area contributed by atoms with Crippen LogP contribution >= 0.6 is 0 Å². The molecule has 0 unspecified atom stereocenters. The molecule has 0 N–H and O–H groups in total. The first-order chi connectivity index (χ1) is 8.65. The van der Waals surface area contributed by atoms with Crippen LogP contribution < -0.4 is 0 Å². The second-order valence-electron chi connectivity index (χ2n) is 3.77. The van der Waals surface area contributed by atoms with Crippen molar-refractivity contribution in [3.8, 4) is 6.07 Å². The first-order valence-electron chi connectivity index (χ1n) is 5.82. The summed E-state index contributed by atoms with van der Waals surface area (Å²) in [6.07, 6.45) is 1.40. The number of carbonyl (C=O) groups excluding carboxylic acids is 2. The first kappa shape index (κ1) is 13.9. The van der Waals surface area contributed by atoms with Gasteiger partial charge in [-0.3, -0.25) is 9.59 Å². The largest absolute Gasteiger partial charge is 0.466 e. The molecular weight excluding hydrogens is 230 g/mol. The Hall–Kier alpha value is -2.15. The van der Waals surface area contributed by atoms with Crippen molar-refractivity contribution < 1.29 is 14.3 Å². The second kappa shape index (κ2) is 6.55. The van der Waals surface area contributed by atoms with Crippen LogP contribution in [0.4, 0.5) is 0 Å². The molecule has 0 radical (unpaired) electrons. The molecule has 94 valence electrons. The van der Waals surface area contributed by atoms with E-state index in [0.29, 0.717) is 36.0 Å². The molecule has 0 aliphatic rings. The van der Waals surface area contributed by atoms with E-state index in [1.165, 1.54) is 6.07 Å². The van der Waals surface area contributed by atoms with Gasteiger partial charge < -0.3 is 4.74 Å². The SMILES string of the molecule is CCOC(=O)Cc1c(C=O)cc(C#N)cc1CC. The third-order valence-corrected chi connectivity index (χ3v) is 2.64. The molecule has 0 saturated carbocycles. The second-order valence-corrected chi connectivity index (χ2v) is 3.77. The number of benzene rings is 1. The van der Waals surface area contributed by atoms with E-state index in [1.807, 2.05) is 13.0 Å². The van der Waals surface area contributed by atoms with E-state index in [9.17, 15) is 9.59 Å². The molecule has 0 atom stereocenters. The van der Waals surface area contributed by atoms with Gasteiger partial charge in [0.15, 0.2) is 0 Å². The number of aldehydes is 1. The van der Waals surface area contributed by atoms with Crippen LogP contribution in [0.1, 0.15) is 40.9 Å². The van der Waals surface area contributed by atoms with Crippen LogP contribution in [0, 0.1) is 11.3 Å². The van der Waals surface area contributed by atoms with Crippen molar-refractivity contribution in [2.75, 3.05) is 6.61 Å². The number of esters is 1. The highest BCUT2D eigenvalue weighted by Crippen LogP contribution is 2.18. The number of nitriles is 1. The van der Waals surface area contributed by atoms with Gasteiger partial charge >= 0.3 is 5.97 Å². The van der Waals surface area contributed by atoms with Crippen LogP contribution in [-0.2, 0) is 22.4 Å². The number of rotatable bonds is 5. The van der Waals surface area contributed by atoms with Crippen LogP contribution in [0.15, 0.2) is 12.1 Å². The lowest BCUT2D eigenvalue weighted by Crippen LogP contribution is -2.11. The highest BCUT2D eigenvalue weighted by Gasteiger charge is 2.14. The summed E-state index contributed by atoms with van der Waals surface area (Å²) >= 11 is 0. The Morgan fingerprint density at radius 3 is 2.67 bits per heavy atom.